The highest BCUT2D eigenvalue weighted by molar-refractivity contribution is 6.33. The lowest BCUT2D eigenvalue weighted by atomic mass is 10.1. The molecular weight excluding hydrogens is 618 g/mol. The molecule has 0 fully saturated rings. The molecule has 0 saturated heterocycles. The molecule has 3 heterocycles. The van der Waals surface area contributed by atoms with Gasteiger partial charge in [-0.05, 0) is 54.4 Å². The number of rotatable bonds is 11. The third kappa shape index (κ3) is 6.67. The Balaban J connectivity index is 1.27. The molecule has 12 heteroatoms. The van der Waals surface area contributed by atoms with Crippen LogP contribution in [0, 0.1) is 5.82 Å². The highest BCUT2D eigenvalue weighted by atomic mass is 35.5. The van der Waals surface area contributed by atoms with Gasteiger partial charge in [0.25, 0.3) is 0 Å². The van der Waals surface area contributed by atoms with Gasteiger partial charge in [-0.1, -0.05) is 54.4 Å². The SMILES string of the molecule is CCCn1cnnc1Cn1c(Cc2ccc(-c3cccc(OCc4ccc(Cl)cc4F)n3)c(Cl)c2)nc2ccc(C(=O)O)cc21. The molecule has 1 N–H and O–H groups in total. The highest BCUT2D eigenvalue weighted by Gasteiger charge is 2.18. The average molecular weight is 646 g/mol. The van der Waals surface area contributed by atoms with Gasteiger partial charge in [-0.25, -0.2) is 19.2 Å². The van der Waals surface area contributed by atoms with E-state index in [1.54, 1.807) is 48.8 Å². The van der Waals surface area contributed by atoms with Crippen molar-refractivity contribution in [1.82, 2.24) is 29.3 Å². The second kappa shape index (κ2) is 13.1. The second-order valence-electron chi connectivity index (χ2n) is 10.4. The lowest BCUT2D eigenvalue weighted by molar-refractivity contribution is 0.0697. The van der Waals surface area contributed by atoms with Gasteiger partial charge in [-0.2, -0.15) is 0 Å². The Bertz CT molecular complexity index is 2030. The smallest absolute Gasteiger partial charge is 0.335 e. The molecule has 0 saturated carbocycles. The summed E-state index contributed by atoms with van der Waals surface area (Å²) >= 11 is 12.6. The number of carbonyl (C=O) groups is 1. The summed E-state index contributed by atoms with van der Waals surface area (Å²) in [5.74, 6) is 0.343. The molecule has 6 aromatic rings. The minimum absolute atomic E-state index is 0.00413. The van der Waals surface area contributed by atoms with E-state index in [9.17, 15) is 14.3 Å². The van der Waals surface area contributed by atoms with Gasteiger partial charge in [0.1, 0.15) is 24.6 Å². The summed E-state index contributed by atoms with van der Waals surface area (Å²) in [7, 11) is 0. The fourth-order valence-electron chi connectivity index (χ4n) is 5.08. The number of halogens is 3. The zero-order valence-corrected chi connectivity index (χ0v) is 25.6. The molecule has 6 rings (SSSR count). The molecule has 0 aliphatic heterocycles. The summed E-state index contributed by atoms with van der Waals surface area (Å²) in [6.45, 7) is 3.21. The van der Waals surface area contributed by atoms with E-state index in [0.29, 0.717) is 56.7 Å². The Kier molecular flexibility index (Phi) is 8.77. The Hall–Kier alpha value is -4.80. The number of carboxylic acid groups (broad SMARTS) is 1. The first-order valence-corrected chi connectivity index (χ1v) is 15.0. The maximum Gasteiger partial charge on any atom is 0.335 e. The Labute approximate surface area is 267 Å². The maximum absolute atomic E-state index is 14.2. The number of aryl methyl sites for hydroxylation is 1. The van der Waals surface area contributed by atoms with Crippen LogP contribution in [0.2, 0.25) is 10.0 Å². The molecule has 3 aromatic carbocycles. The Morgan fingerprint density at radius 2 is 1.87 bits per heavy atom. The van der Waals surface area contributed by atoms with Crippen LogP contribution in [-0.2, 0) is 26.1 Å². The third-order valence-corrected chi connectivity index (χ3v) is 7.87. The van der Waals surface area contributed by atoms with Gasteiger partial charge in [0.05, 0.1) is 33.9 Å². The van der Waals surface area contributed by atoms with Crippen molar-refractivity contribution in [3.8, 4) is 17.1 Å². The van der Waals surface area contributed by atoms with Crippen LogP contribution in [0.3, 0.4) is 0 Å². The molecule has 228 valence electrons. The van der Waals surface area contributed by atoms with Crippen molar-refractivity contribution in [2.45, 2.75) is 39.5 Å². The molecule has 0 spiro atoms. The first-order chi connectivity index (χ1) is 21.8. The number of pyridine rings is 1. The number of imidazole rings is 1. The van der Waals surface area contributed by atoms with Crippen LogP contribution in [0.25, 0.3) is 22.3 Å². The maximum atomic E-state index is 14.2. The predicted molar refractivity (Wildman–Crippen MR) is 169 cm³/mol. The molecule has 9 nitrogen and oxygen atoms in total. The molecule has 3 aromatic heterocycles. The predicted octanol–water partition coefficient (Wildman–Crippen LogP) is 7.46. The van der Waals surface area contributed by atoms with Crippen molar-refractivity contribution < 1.29 is 19.0 Å². The van der Waals surface area contributed by atoms with Crippen molar-refractivity contribution in [2.75, 3.05) is 0 Å². The molecular formula is C33H27Cl2FN6O3. The lowest BCUT2D eigenvalue weighted by Gasteiger charge is -2.12. The largest absolute Gasteiger partial charge is 0.478 e. The monoisotopic (exact) mass is 644 g/mol. The minimum atomic E-state index is -1.01. The highest BCUT2D eigenvalue weighted by Crippen LogP contribution is 2.30. The van der Waals surface area contributed by atoms with Gasteiger partial charge >= 0.3 is 5.97 Å². The van der Waals surface area contributed by atoms with Gasteiger partial charge < -0.3 is 19.0 Å². The van der Waals surface area contributed by atoms with E-state index in [2.05, 4.69) is 22.1 Å². The number of benzene rings is 3. The summed E-state index contributed by atoms with van der Waals surface area (Å²) in [5.41, 5.74) is 4.12. The van der Waals surface area contributed by atoms with Crippen LogP contribution in [0.4, 0.5) is 4.39 Å². The summed E-state index contributed by atoms with van der Waals surface area (Å²) in [4.78, 5) is 21.2. The topological polar surface area (TPSA) is 108 Å². The zero-order valence-electron chi connectivity index (χ0n) is 24.1. The summed E-state index contributed by atoms with van der Waals surface area (Å²) < 4.78 is 23.9. The summed E-state index contributed by atoms with van der Waals surface area (Å²) in [6.07, 6.45) is 3.05. The Morgan fingerprint density at radius 3 is 2.64 bits per heavy atom. The minimum Gasteiger partial charge on any atom is -0.478 e. The standard InChI is InChI=1S/C33H27Cl2FN6O3/c1-2-12-41-19-37-40-31(41)17-42-29-15-21(33(43)44)8-11-28(29)38-30(42)14-20-6-10-24(25(35)13-20)27-4-3-5-32(39-27)45-18-22-7-9-23(34)16-26(22)36/h3-11,13,15-16,19H,2,12,14,17-18H2,1H3,(H,43,44). The Morgan fingerprint density at radius 1 is 1.00 bits per heavy atom. The third-order valence-electron chi connectivity index (χ3n) is 7.32. The molecule has 0 amide bonds. The first-order valence-electron chi connectivity index (χ1n) is 14.2. The second-order valence-corrected chi connectivity index (χ2v) is 11.3. The number of aromatic carboxylic acids is 1. The van der Waals surface area contributed by atoms with E-state index in [4.69, 9.17) is 32.9 Å². The van der Waals surface area contributed by atoms with Gasteiger partial charge in [0.15, 0.2) is 5.82 Å². The number of ether oxygens (including phenoxy) is 1. The lowest BCUT2D eigenvalue weighted by Crippen LogP contribution is -2.12. The quantitative estimate of drug-likeness (QED) is 0.156. The van der Waals surface area contributed by atoms with Crippen LogP contribution in [0.5, 0.6) is 5.88 Å². The van der Waals surface area contributed by atoms with E-state index < -0.39 is 11.8 Å². The number of fused-ring (bicyclic) bond motifs is 1. The number of nitrogens with zero attached hydrogens (tertiary/aromatic N) is 6. The van der Waals surface area contributed by atoms with Crippen molar-refractivity contribution in [3.05, 3.63) is 123 Å². The van der Waals surface area contributed by atoms with Crippen LogP contribution >= 0.6 is 23.2 Å². The van der Waals surface area contributed by atoms with E-state index in [1.165, 1.54) is 6.07 Å². The fourth-order valence-corrected chi connectivity index (χ4v) is 5.54. The fraction of sp³-hybridized carbons (Fsp3) is 0.182. The summed E-state index contributed by atoms with van der Waals surface area (Å²) in [6, 6.07) is 20.3. The first kappa shape index (κ1) is 30.2. The van der Waals surface area contributed by atoms with Gasteiger partial charge in [-0.15, -0.1) is 10.2 Å². The van der Waals surface area contributed by atoms with E-state index in [1.807, 2.05) is 33.4 Å². The molecule has 0 aliphatic carbocycles. The molecule has 0 unspecified atom stereocenters. The molecule has 0 radical (unpaired) electrons. The molecule has 0 bridgehead atoms. The van der Waals surface area contributed by atoms with Crippen LogP contribution in [-0.4, -0.2) is 40.4 Å². The van der Waals surface area contributed by atoms with E-state index in [-0.39, 0.29) is 12.2 Å². The average Bonchev–Trinajstić information content (AvgIpc) is 3.60. The number of hydrogen-bond donors (Lipinski definition) is 1. The van der Waals surface area contributed by atoms with Crippen LogP contribution in [0.15, 0.2) is 79.1 Å². The molecule has 0 atom stereocenters. The number of aromatic nitrogens is 6. The normalized spacial score (nSPS) is 11.3. The van der Waals surface area contributed by atoms with Gasteiger partial charge in [0.2, 0.25) is 5.88 Å². The van der Waals surface area contributed by atoms with E-state index >= 15 is 0 Å². The van der Waals surface area contributed by atoms with Crippen molar-refractivity contribution in [2.24, 2.45) is 0 Å². The van der Waals surface area contributed by atoms with Crippen molar-refractivity contribution in [1.29, 1.82) is 0 Å². The van der Waals surface area contributed by atoms with Gasteiger partial charge in [-0.3, -0.25) is 0 Å². The van der Waals surface area contributed by atoms with E-state index in [0.717, 1.165) is 30.2 Å². The summed E-state index contributed by atoms with van der Waals surface area (Å²) in [5, 5.41) is 18.8. The number of carboxylic acids is 1. The number of hydrogen-bond acceptors (Lipinski definition) is 6. The van der Waals surface area contributed by atoms with Crippen LogP contribution < -0.4 is 4.74 Å². The zero-order chi connectivity index (χ0) is 31.5. The van der Waals surface area contributed by atoms with Crippen molar-refractivity contribution in [3.63, 3.8) is 0 Å². The molecule has 0 aliphatic rings. The molecule has 45 heavy (non-hydrogen) atoms. The van der Waals surface area contributed by atoms with Crippen molar-refractivity contribution >= 4 is 40.2 Å². The van der Waals surface area contributed by atoms with Crippen LogP contribution in [0.1, 0.15) is 46.5 Å². The van der Waals surface area contributed by atoms with Gasteiger partial charge in [0, 0.05) is 35.2 Å².